The fourth-order valence-electron chi connectivity index (χ4n) is 1.75. The summed E-state index contributed by atoms with van der Waals surface area (Å²) >= 11 is 0. The monoisotopic (exact) mass is 227 g/mol. The molecule has 0 aliphatic rings. The van der Waals surface area contributed by atoms with Crippen LogP contribution in [0.15, 0.2) is 60.3 Å². The van der Waals surface area contributed by atoms with Gasteiger partial charge in [0.25, 0.3) is 0 Å². The minimum absolute atomic E-state index is 1.01. The number of hydrogen-bond acceptors (Lipinski definition) is 1. The average Bonchev–Trinajstić information content (AvgIpc) is 2.37. The van der Waals surface area contributed by atoms with Crippen LogP contribution < -0.4 is 5.32 Å². The lowest BCUT2D eigenvalue weighted by Crippen LogP contribution is -1.96. The molecule has 17 heavy (non-hydrogen) atoms. The Bertz CT molecular complexity index is 424. The van der Waals surface area contributed by atoms with Crippen molar-refractivity contribution in [2.45, 2.75) is 20.3 Å². The molecule has 0 saturated carbocycles. The second kappa shape index (κ2) is 6.74. The zero-order chi connectivity index (χ0) is 12.7. The van der Waals surface area contributed by atoms with E-state index in [1.807, 2.05) is 31.4 Å². The van der Waals surface area contributed by atoms with Crippen molar-refractivity contribution in [2.75, 3.05) is 7.05 Å². The minimum Gasteiger partial charge on any atom is -0.394 e. The number of benzene rings is 1. The van der Waals surface area contributed by atoms with Gasteiger partial charge in [0.2, 0.25) is 0 Å². The van der Waals surface area contributed by atoms with Crippen LogP contribution in [0.3, 0.4) is 0 Å². The summed E-state index contributed by atoms with van der Waals surface area (Å²) in [6, 6.07) is 10.3. The third-order valence-electron chi connectivity index (χ3n) is 2.74. The Kier molecular flexibility index (Phi) is 5.28. The highest BCUT2D eigenvalue weighted by atomic mass is 14.8. The summed E-state index contributed by atoms with van der Waals surface area (Å²) in [5, 5.41) is 3.06. The van der Waals surface area contributed by atoms with Gasteiger partial charge >= 0.3 is 0 Å². The van der Waals surface area contributed by atoms with Gasteiger partial charge in [-0.2, -0.15) is 0 Å². The van der Waals surface area contributed by atoms with Crippen LogP contribution in [-0.2, 0) is 0 Å². The van der Waals surface area contributed by atoms with E-state index < -0.39 is 0 Å². The molecular weight excluding hydrogens is 206 g/mol. The molecule has 0 bridgehead atoms. The van der Waals surface area contributed by atoms with E-state index in [1.54, 1.807) is 0 Å². The zero-order valence-electron chi connectivity index (χ0n) is 11.0. The molecule has 0 fully saturated rings. The van der Waals surface area contributed by atoms with E-state index in [4.69, 9.17) is 0 Å². The van der Waals surface area contributed by atoms with Crippen molar-refractivity contribution in [3.63, 3.8) is 0 Å². The first-order valence-electron chi connectivity index (χ1n) is 5.98. The van der Waals surface area contributed by atoms with Crippen LogP contribution in [0.5, 0.6) is 0 Å². The van der Waals surface area contributed by atoms with Crippen molar-refractivity contribution in [3.05, 3.63) is 65.9 Å². The Hall–Kier alpha value is -1.76. The maximum atomic E-state index is 4.13. The van der Waals surface area contributed by atoms with E-state index >= 15 is 0 Å². The van der Waals surface area contributed by atoms with Gasteiger partial charge in [-0.3, -0.25) is 0 Å². The van der Waals surface area contributed by atoms with Crippen molar-refractivity contribution in [2.24, 2.45) is 0 Å². The predicted octanol–water partition coefficient (Wildman–Crippen LogP) is 4.16. The normalized spacial score (nSPS) is 12.4. The van der Waals surface area contributed by atoms with E-state index in [2.05, 4.69) is 44.0 Å². The number of hydrogen-bond donors (Lipinski definition) is 1. The molecule has 0 radical (unpaired) electrons. The molecule has 90 valence electrons. The molecule has 1 N–H and O–H groups in total. The molecular formula is C16H21N. The first kappa shape index (κ1) is 13.3. The van der Waals surface area contributed by atoms with Gasteiger partial charge in [-0.05, 0) is 41.8 Å². The fourth-order valence-corrected chi connectivity index (χ4v) is 1.75. The molecule has 0 heterocycles. The maximum absolute atomic E-state index is 4.13. The highest BCUT2D eigenvalue weighted by Crippen LogP contribution is 2.20. The molecule has 0 unspecified atom stereocenters. The largest absolute Gasteiger partial charge is 0.394 e. The second-order valence-electron chi connectivity index (χ2n) is 4.03. The molecule has 1 aromatic rings. The van der Waals surface area contributed by atoms with Crippen LogP contribution in [0.1, 0.15) is 25.8 Å². The van der Waals surface area contributed by atoms with Gasteiger partial charge in [-0.15, -0.1) is 0 Å². The van der Waals surface area contributed by atoms with Crippen molar-refractivity contribution in [1.82, 2.24) is 5.32 Å². The SMILES string of the molecule is C=C(/C=C(CC)\C(C)=C/NC)c1ccccc1. The lowest BCUT2D eigenvalue weighted by molar-refractivity contribution is 1.04. The average molecular weight is 227 g/mol. The molecule has 1 nitrogen and oxygen atoms in total. The van der Waals surface area contributed by atoms with Crippen LogP contribution in [0.4, 0.5) is 0 Å². The van der Waals surface area contributed by atoms with Gasteiger partial charge in [0.15, 0.2) is 0 Å². The number of rotatable bonds is 5. The summed E-state index contributed by atoms with van der Waals surface area (Å²) in [6.07, 6.45) is 5.20. The maximum Gasteiger partial charge on any atom is 0.00278 e. The van der Waals surface area contributed by atoms with E-state index in [1.165, 1.54) is 16.7 Å². The van der Waals surface area contributed by atoms with Crippen molar-refractivity contribution >= 4 is 5.57 Å². The summed E-state index contributed by atoms with van der Waals surface area (Å²) < 4.78 is 0. The van der Waals surface area contributed by atoms with Crippen LogP contribution in [0, 0.1) is 0 Å². The van der Waals surface area contributed by atoms with E-state index in [0.717, 1.165) is 12.0 Å². The first-order valence-corrected chi connectivity index (χ1v) is 5.98. The Morgan fingerprint density at radius 2 is 1.94 bits per heavy atom. The summed E-state index contributed by atoms with van der Waals surface area (Å²) in [5.74, 6) is 0. The summed E-state index contributed by atoms with van der Waals surface area (Å²) in [4.78, 5) is 0. The van der Waals surface area contributed by atoms with Crippen molar-refractivity contribution in [3.8, 4) is 0 Å². The third-order valence-corrected chi connectivity index (χ3v) is 2.74. The summed E-state index contributed by atoms with van der Waals surface area (Å²) in [6.45, 7) is 8.41. The lowest BCUT2D eigenvalue weighted by atomic mass is 9.99. The molecule has 1 heteroatoms. The zero-order valence-corrected chi connectivity index (χ0v) is 11.0. The topological polar surface area (TPSA) is 12.0 Å². The smallest absolute Gasteiger partial charge is 0.00278 e. The van der Waals surface area contributed by atoms with Crippen LogP contribution >= 0.6 is 0 Å². The first-order chi connectivity index (χ1) is 8.19. The van der Waals surface area contributed by atoms with Crippen LogP contribution in [0.2, 0.25) is 0 Å². The Balaban J connectivity index is 2.93. The van der Waals surface area contributed by atoms with Crippen LogP contribution in [-0.4, -0.2) is 7.05 Å². The van der Waals surface area contributed by atoms with Gasteiger partial charge in [0.05, 0.1) is 0 Å². The van der Waals surface area contributed by atoms with Gasteiger partial charge in [-0.1, -0.05) is 49.9 Å². The molecule has 0 atom stereocenters. The lowest BCUT2D eigenvalue weighted by Gasteiger charge is -2.07. The van der Waals surface area contributed by atoms with Crippen molar-refractivity contribution in [1.29, 1.82) is 0 Å². The van der Waals surface area contributed by atoms with E-state index in [9.17, 15) is 0 Å². The highest BCUT2D eigenvalue weighted by Gasteiger charge is 2.00. The summed E-state index contributed by atoms with van der Waals surface area (Å²) in [7, 11) is 1.92. The quantitative estimate of drug-likeness (QED) is 0.745. The molecule has 0 aliphatic heterocycles. The molecule has 0 spiro atoms. The summed E-state index contributed by atoms with van der Waals surface area (Å²) in [5.41, 5.74) is 4.81. The number of nitrogens with one attached hydrogen (secondary N) is 1. The van der Waals surface area contributed by atoms with Gasteiger partial charge in [0, 0.05) is 7.05 Å². The van der Waals surface area contributed by atoms with Gasteiger partial charge in [0.1, 0.15) is 0 Å². The van der Waals surface area contributed by atoms with E-state index in [0.29, 0.717) is 0 Å². The Labute approximate surface area is 105 Å². The van der Waals surface area contributed by atoms with E-state index in [-0.39, 0.29) is 0 Å². The highest BCUT2D eigenvalue weighted by molar-refractivity contribution is 5.73. The fraction of sp³-hybridized carbons (Fsp3) is 0.250. The standard InChI is InChI=1S/C16H21N/c1-5-15(14(3)12-17-4)11-13(2)16-9-7-6-8-10-16/h6-12,17H,2,5H2,1,3-4H3/b14-12-,15-11-. The molecule has 0 aromatic heterocycles. The second-order valence-corrected chi connectivity index (χ2v) is 4.03. The van der Waals surface area contributed by atoms with Gasteiger partial charge < -0.3 is 5.32 Å². The minimum atomic E-state index is 1.01. The third kappa shape index (κ3) is 3.95. The van der Waals surface area contributed by atoms with Gasteiger partial charge in [-0.25, -0.2) is 0 Å². The Morgan fingerprint density at radius 1 is 1.29 bits per heavy atom. The molecule has 0 amide bonds. The number of allylic oxidation sites excluding steroid dienone is 4. The predicted molar refractivity (Wildman–Crippen MR) is 76.7 cm³/mol. The molecule has 1 aromatic carbocycles. The molecule has 1 rings (SSSR count). The molecule has 0 aliphatic carbocycles. The molecule has 0 saturated heterocycles. The van der Waals surface area contributed by atoms with Crippen LogP contribution in [0.25, 0.3) is 5.57 Å². The Morgan fingerprint density at radius 3 is 2.47 bits per heavy atom. The van der Waals surface area contributed by atoms with Crippen molar-refractivity contribution < 1.29 is 0 Å².